The number of ether oxygens (including phenoxy) is 1. The molecule has 2 aromatic rings. The fourth-order valence-corrected chi connectivity index (χ4v) is 3.73. The average molecular weight is 551 g/mol. The Hall–Kier alpha value is -3.96. The molecule has 39 heavy (non-hydrogen) atoms. The molecule has 12 heteroatoms. The van der Waals surface area contributed by atoms with Gasteiger partial charge in [-0.15, -0.1) is 0 Å². The number of rotatable bonds is 8. The molecule has 8 nitrogen and oxygen atoms in total. The molecule has 2 unspecified atom stereocenters. The maximum absolute atomic E-state index is 15.0. The Labute approximate surface area is 223 Å². The zero-order valence-electron chi connectivity index (χ0n) is 21.5. The molecule has 2 aliphatic rings. The van der Waals surface area contributed by atoms with E-state index in [2.05, 4.69) is 22.5 Å². The molecule has 1 heterocycles. The van der Waals surface area contributed by atoms with Gasteiger partial charge >= 0.3 is 6.18 Å². The van der Waals surface area contributed by atoms with E-state index in [9.17, 15) is 27.6 Å². The lowest BCUT2D eigenvalue weighted by molar-refractivity contribution is -0.143. The second-order valence-corrected chi connectivity index (χ2v) is 9.45. The third-order valence-electron chi connectivity index (χ3n) is 6.12. The summed E-state index contributed by atoms with van der Waals surface area (Å²) in [6, 6.07) is 11.2. The van der Waals surface area contributed by atoms with Crippen LogP contribution >= 0.6 is 0 Å². The van der Waals surface area contributed by atoms with E-state index >= 15 is 4.39 Å². The maximum atomic E-state index is 15.0. The van der Waals surface area contributed by atoms with Gasteiger partial charge < -0.3 is 21.1 Å². The summed E-state index contributed by atoms with van der Waals surface area (Å²) < 4.78 is 58.1. The Kier molecular flexibility index (Phi) is 9.66. The van der Waals surface area contributed by atoms with Crippen molar-refractivity contribution in [3.63, 3.8) is 0 Å². The molecule has 2 atom stereocenters. The van der Waals surface area contributed by atoms with E-state index in [1.54, 1.807) is 30.3 Å². The van der Waals surface area contributed by atoms with Crippen LogP contribution in [0.25, 0.3) is 0 Å². The number of carbonyl (C=O) groups excluding carboxylic acids is 3. The lowest BCUT2D eigenvalue weighted by Gasteiger charge is -2.19. The molecule has 0 aromatic heterocycles. The third-order valence-corrected chi connectivity index (χ3v) is 6.12. The van der Waals surface area contributed by atoms with Gasteiger partial charge in [-0.3, -0.25) is 14.4 Å². The van der Waals surface area contributed by atoms with Gasteiger partial charge in [-0.2, -0.15) is 13.2 Å². The number of hydrogen-bond donors (Lipinski definition) is 3. The first kappa shape index (κ1) is 29.6. The highest BCUT2D eigenvalue weighted by molar-refractivity contribution is 6.20. The third kappa shape index (κ3) is 8.52. The van der Waals surface area contributed by atoms with Crippen LogP contribution in [-0.4, -0.2) is 42.9 Å². The number of nitrogens with two attached hydrogens (primary N) is 1. The Morgan fingerprint density at radius 1 is 1.18 bits per heavy atom. The summed E-state index contributed by atoms with van der Waals surface area (Å²) in [6.07, 6.45) is -5.92. The Morgan fingerprint density at radius 3 is 2.36 bits per heavy atom. The van der Waals surface area contributed by atoms with E-state index in [0.717, 1.165) is 5.92 Å². The van der Waals surface area contributed by atoms with Gasteiger partial charge in [0.05, 0.1) is 18.5 Å². The van der Waals surface area contributed by atoms with Gasteiger partial charge in [0.15, 0.2) is 11.6 Å². The Balaban J connectivity index is 0.000000960. The quantitative estimate of drug-likeness (QED) is 0.424. The monoisotopic (exact) mass is 550 g/mol. The van der Waals surface area contributed by atoms with Gasteiger partial charge in [0, 0.05) is 29.9 Å². The molecule has 1 fully saturated rings. The van der Waals surface area contributed by atoms with E-state index in [4.69, 9.17) is 10.5 Å². The van der Waals surface area contributed by atoms with Crippen molar-refractivity contribution < 1.29 is 36.7 Å². The van der Waals surface area contributed by atoms with Crippen LogP contribution in [0.1, 0.15) is 50.2 Å². The number of aliphatic imine (C=N–C) groups is 1. The molecular formula is C27H30F4N4O4. The summed E-state index contributed by atoms with van der Waals surface area (Å²) in [6.45, 7) is 2.28. The highest BCUT2D eigenvalue weighted by Crippen LogP contribution is 2.32. The minimum absolute atomic E-state index is 0.146. The second kappa shape index (κ2) is 12.7. The number of fused-ring (bicyclic) bond motifs is 1. The summed E-state index contributed by atoms with van der Waals surface area (Å²) in [5.74, 6) is -4.31. The van der Waals surface area contributed by atoms with Crippen LogP contribution in [0.3, 0.4) is 0 Å². The lowest BCUT2D eigenvalue weighted by atomic mass is 9.97. The summed E-state index contributed by atoms with van der Waals surface area (Å²) in [5.41, 5.74) is 5.69. The largest absolute Gasteiger partial charge is 0.494 e. The number of benzene rings is 2. The van der Waals surface area contributed by atoms with Crippen LogP contribution in [0.5, 0.6) is 5.75 Å². The minimum Gasteiger partial charge on any atom is -0.494 e. The van der Waals surface area contributed by atoms with E-state index < -0.39 is 61.1 Å². The number of alkyl halides is 3. The number of anilines is 1. The molecule has 4 N–H and O–H groups in total. The van der Waals surface area contributed by atoms with Crippen LogP contribution in [0, 0.1) is 17.7 Å². The number of methoxy groups -OCH3 is 1. The molecule has 4 rings (SSSR count). The first-order chi connectivity index (χ1) is 18.4. The molecule has 0 radical (unpaired) electrons. The van der Waals surface area contributed by atoms with Crippen molar-refractivity contribution in [2.24, 2.45) is 22.6 Å². The summed E-state index contributed by atoms with van der Waals surface area (Å²) in [5, 5.41) is 4.63. The number of benzodiazepines with no additional fused rings is 1. The molecule has 1 saturated carbocycles. The summed E-state index contributed by atoms with van der Waals surface area (Å²) in [4.78, 5) is 41.3. The number of primary amides is 1. The smallest absolute Gasteiger partial charge is 0.389 e. The van der Waals surface area contributed by atoms with Crippen LogP contribution in [0.15, 0.2) is 47.5 Å². The first-order valence-corrected chi connectivity index (χ1v) is 12.4. The van der Waals surface area contributed by atoms with Crippen LogP contribution in [0.4, 0.5) is 23.2 Å². The van der Waals surface area contributed by atoms with Crippen molar-refractivity contribution in [3.8, 4) is 5.75 Å². The zero-order chi connectivity index (χ0) is 28.7. The van der Waals surface area contributed by atoms with Crippen molar-refractivity contribution in [2.75, 3.05) is 12.4 Å². The van der Waals surface area contributed by atoms with E-state index in [-0.39, 0.29) is 22.7 Å². The topological polar surface area (TPSA) is 123 Å². The number of carbonyl (C=O) groups is 3. The molecule has 1 aliphatic carbocycles. The van der Waals surface area contributed by atoms with Crippen molar-refractivity contribution in [1.82, 2.24) is 5.32 Å². The fraction of sp³-hybridized carbons (Fsp3) is 0.407. The number of nitrogens with zero attached hydrogens (tertiary/aromatic N) is 1. The van der Waals surface area contributed by atoms with Crippen LogP contribution in [0.2, 0.25) is 0 Å². The molecule has 0 bridgehead atoms. The number of hydrogen-bond acceptors (Lipinski definition) is 5. The van der Waals surface area contributed by atoms with Gasteiger partial charge in [0.25, 0.3) is 5.91 Å². The summed E-state index contributed by atoms with van der Waals surface area (Å²) in [7, 11) is 1.25. The Morgan fingerprint density at radius 2 is 1.82 bits per heavy atom. The molecule has 2 aromatic carbocycles. The SMILES string of the molecule is CC1CC1.COc1ccc2c(c1F)NC(=O)C(NC(=O)C(CCC(F)(F)F)CC(N)=O)N=C2c1ccccc1. The van der Waals surface area contributed by atoms with E-state index in [1.807, 2.05) is 0 Å². The number of nitrogens with one attached hydrogen (secondary N) is 2. The molecular weight excluding hydrogens is 520 g/mol. The van der Waals surface area contributed by atoms with Crippen LogP contribution in [-0.2, 0) is 14.4 Å². The second-order valence-electron chi connectivity index (χ2n) is 9.45. The van der Waals surface area contributed by atoms with Crippen molar-refractivity contribution in [3.05, 3.63) is 59.4 Å². The predicted octanol–water partition coefficient (Wildman–Crippen LogP) is 4.32. The first-order valence-electron chi connectivity index (χ1n) is 12.4. The van der Waals surface area contributed by atoms with E-state index in [0.29, 0.717) is 5.56 Å². The molecule has 210 valence electrons. The van der Waals surface area contributed by atoms with Gasteiger partial charge in [-0.1, -0.05) is 50.1 Å². The standard InChI is InChI=1S/C23H22F4N4O4.C4H8/c1-35-15-8-7-14-18(12-5-3-2-4-6-12)29-20(22(34)30-19(14)17(15)24)31-21(33)13(11-16(28)32)9-10-23(25,26)27;1-4-2-3-4/h2-8,13,20H,9-11H2,1H3,(H2,28,32)(H,30,34)(H,31,33);4H,2-3H2,1H3. The molecule has 0 saturated heterocycles. The average Bonchev–Trinajstić information content (AvgIpc) is 3.68. The number of amides is 3. The molecule has 3 amide bonds. The fourth-order valence-electron chi connectivity index (χ4n) is 3.73. The zero-order valence-corrected chi connectivity index (χ0v) is 21.5. The molecule has 1 aliphatic heterocycles. The van der Waals surface area contributed by atoms with Crippen LogP contribution < -0.4 is 21.1 Å². The maximum Gasteiger partial charge on any atom is 0.389 e. The van der Waals surface area contributed by atoms with Gasteiger partial charge in [0.1, 0.15) is 0 Å². The van der Waals surface area contributed by atoms with Gasteiger partial charge in [-0.05, 0) is 24.5 Å². The normalized spacial score (nSPS) is 17.3. The highest BCUT2D eigenvalue weighted by atomic mass is 19.4. The van der Waals surface area contributed by atoms with Gasteiger partial charge in [-0.25, -0.2) is 9.38 Å². The number of halogens is 4. The Bertz CT molecular complexity index is 1230. The van der Waals surface area contributed by atoms with E-state index in [1.165, 1.54) is 32.1 Å². The lowest BCUT2D eigenvalue weighted by Crippen LogP contribution is -2.45. The van der Waals surface area contributed by atoms with Crippen molar-refractivity contribution in [1.29, 1.82) is 0 Å². The molecule has 0 spiro atoms. The predicted molar refractivity (Wildman–Crippen MR) is 137 cm³/mol. The summed E-state index contributed by atoms with van der Waals surface area (Å²) >= 11 is 0. The minimum atomic E-state index is -4.56. The van der Waals surface area contributed by atoms with Crippen molar-refractivity contribution >= 4 is 29.1 Å². The van der Waals surface area contributed by atoms with Crippen molar-refractivity contribution in [2.45, 2.75) is 51.4 Å². The van der Waals surface area contributed by atoms with Gasteiger partial charge in [0.2, 0.25) is 18.0 Å². The highest BCUT2D eigenvalue weighted by Gasteiger charge is 2.34.